The van der Waals surface area contributed by atoms with Crippen LogP contribution in [0, 0.1) is 0 Å². The Morgan fingerprint density at radius 3 is 1.76 bits per heavy atom. The van der Waals surface area contributed by atoms with Gasteiger partial charge in [0.05, 0.1) is 27.7 Å². The maximum absolute atomic E-state index is 12.6. The summed E-state index contributed by atoms with van der Waals surface area (Å²) >= 11 is 0. The minimum Gasteiger partial charge on any atom is -0.379 e. The van der Waals surface area contributed by atoms with E-state index < -0.39 is 20.0 Å². The smallest absolute Gasteiger partial charge is 0.379 e. The number of hydrogen-bond acceptors (Lipinski definition) is 5. The minimum absolute atomic E-state index is 0.00103. The fourth-order valence-electron chi connectivity index (χ4n) is 5.00. The largest absolute Gasteiger partial charge is 0.472 e. The first-order valence-electron chi connectivity index (χ1n) is 17.7. The normalized spacial score (nSPS) is 13.8. The lowest BCUT2D eigenvalue weighted by molar-refractivity contribution is -0.870. The zero-order valence-corrected chi connectivity index (χ0v) is 30.0. The summed E-state index contributed by atoms with van der Waals surface area (Å²) in [6.07, 6.45) is 23.0. The average Bonchev–Trinajstić information content (AvgIpc) is 2.98. The third-order valence-corrected chi connectivity index (χ3v) is 8.84. The number of hydrogen-bond donors (Lipinski definition) is 3. The molecule has 2 unspecified atom stereocenters. The van der Waals surface area contributed by atoms with Crippen LogP contribution in [0.15, 0.2) is 30.3 Å². The predicted molar refractivity (Wildman–Crippen MR) is 187 cm³/mol. The standard InChI is InChI=1S/C35H66N3O6P/c1-5-6-7-8-9-10-11-12-13-14-15-16-17-18-19-20-21-25-29-42-32-34(44-45(40,41)43-30-28-38(2,3)4)31-36-35(39)37-33-26-23-22-24-27-33/h22-24,26-27,34H,5-21,25,28-32H2,1-4H3,(H2-,36,37,39,40,41)/p+1. The third-order valence-electron chi connectivity index (χ3n) is 7.77. The molecule has 0 aliphatic rings. The number of rotatable bonds is 30. The van der Waals surface area contributed by atoms with Crippen LogP contribution in [0.4, 0.5) is 10.5 Å². The highest BCUT2D eigenvalue weighted by atomic mass is 31.2. The Kier molecular flexibility index (Phi) is 24.5. The van der Waals surface area contributed by atoms with E-state index in [1.165, 1.54) is 103 Å². The summed E-state index contributed by atoms with van der Waals surface area (Å²) in [6, 6.07) is 8.63. The van der Waals surface area contributed by atoms with E-state index in [9.17, 15) is 14.3 Å². The van der Waals surface area contributed by atoms with Crippen LogP contribution in [0.25, 0.3) is 0 Å². The van der Waals surface area contributed by atoms with Crippen molar-refractivity contribution in [2.24, 2.45) is 0 Å². The molecular weight excluding hydrogens is 589 g/mol. The molecule has 9 nitrogen and oxygen atoms in total. The van der Waals surface area contributed by atoms with E-state index in [4.69, 9.17) is 13.8 Å². The molecule has 0 fully saturated rings. The van der Waals surface area contributed by atoms with Gasteiger partial charge in [-0.25, -0.2) is 9.36 Å². The minimum atomic E-state index is -4.32. The van der Waals surface area contributed by atoms with Crippen LogP contribution in [0.1, 0.15) is 122 Å². The second-order valence-electron chi connectivity index (χ2n) is 13.3. The summed E-state index contributed by atoms with van der Waals surface area (Å²) in [5.41, 5.74) is 0.647. The van der Waals surface area contributed by atoms with E-state index in [2.05, 4.69) is 17.6 Å². The Bertz CT molecular complexity index is 884. The Balaban J connectivity index is 2.17. The fourth-order valence-corrected chi connectivity index (χ4v) is 5.88. The molecule has 2 amide bonds. The van der Waals surface area contributed by atoms with Gasteiger partial charge in [0, 0.05) is 18.8 Å². The van der Waals surface area contributed by atoms with Crippen molar-refractivity contribution in [1.82, 2.24) is 5.32 Å². The molecule has 0 heterocycles. The number of benzene rings is 1. The maximum atomic E-state index is 12.6. The molecule has 0 spiro atoms. The molecule has 2 atom stereocenters. The molecule has 45 heavy (non-hydrogen) atoms. The number of nitrogens with zero attached hydrogens (tertiary/aromatic N) is 1. The molecule has 10 heteroatoms. The summed E-state index contributed by atoms with van der Waals surface area (Å²) in [5, 5.41) is 5.43. The number of anilines is 1. The van der Waals surface area contributed by atoms with Crippen molar-refractivity contribution in [3.05, 3.63) is 30.3 Å². The van der Waals surface area contributed by atoms with Crippen molar-refractivity contribution in [3.8, 4) is 0 Å². The van der Waals surface area contributed by atoms with E-state index >= 15 is 0 Å². The van der Waals surface area contributed by atoms with Gasteiger partial charge in [-0.05, 0) is 18.6 Å². The van der Waals surface area contributed by atoms with Gasteiger partial charge in [0.15, 0.2) is 0 Å². The van der Waals surface area contributed by atoms with Gasteiger partial charge in [-0.3, -0.25) is 9.05 Å². The van der Waals surface area contributed by atoms with Crippen molar-refractivity contribution in [1.29, 1.82) is 0 Å². The number of phosphoric acid groups is 1. The molecule has 0 saturated carbocycles. The van der Waals surface area contributed by atoms with Crippen molar-refractivity contribution in [2.45, 2.75) is 129 Å². The maximum Gasteiger partial charge on any atom is 0.472 e. The lowest BCUT2D eigenvalue weighted by Gasteiger charge is -2.25. The second kappa shape index (κ2) is 26.6. The van der Waals surface area contributed by atoms with Crippen LogP contribution in [0.2, 0.25) is 0 Å². The number of para-hydroxylation sites is 1. The van der Waals surface area contributed by atoms with Crippen LogP contribution in [0.5, 0.6) is 0 Å². The van der Waals surface area contributed by atoms with E-state index in [1.54, 1.807) is 12.1 Å². The number of carbonyl (C=O) groups is 1. The number of amides is 2. The fraction of sp³-hybridized carbons (Fsp3) is 0.800. The summed E-state index contributed by atoms with van der Waals surface area (Å²) < 4.78 is 29.5. The van der Waals surface area contributed by atoms with Gasteiger partial charge < -0.3 is 24.7 Å². The zero-order valence-electron chi connectivity index (χ0n) is 29.1. The Morgan fingerprint density at radius 1 is 0.778 bits per heavy atom. The summed E-state index contributed by atoms with van der Waals surface area (Å²) in [5.74, 6) is 0. The van der Waals surface area contributed by atoms with Crippen molar-refractivity contribution in [3.63, 3.8) is 0 Å². The first kappa shape index (κ1) is 41.5. The molecule has 0 radical (unpaired) electrons. The van der Waals surface area contributed by atoms with Crippen molar-refractivity contribution < 1.29 is 32.5 Å². The number of unbranched alkanes of at least 4 members (excludes halogenated alkanes) is 17. The SMILES string of the molecule is CCCCCCCCCCCCCCCCCCCCOCC(CNC(=O)Nc1ccccc1)OP(=O)(O)OCC[N+](C)(C)C. The van der Waals surface area contributed by atoms with Crippen molar-refractivity contribution in [2.75, 3.05) is 59.4 Å². The molecule has 3 N–H and O–H groups in total. The second-order valence-corrected chi connectivity index (χ2v) is 14.7. The summed E-state index contributed by atoms with van der Waals surface area (Å²) in [4.78, 5) is 22.6. The summed E-state index contributed by atoms with van der Waals surface area (Å²) in [7, 11) is 1.59. The number of carbonyl (C=O) groups excluding carboxylic acids is 1. The van der Waals surface area contributed by atoms with Crippen LogP contribution < -0.4 is 10.6 Å². The van der Waals surface area contributed by atoms with E-state index in [0.717, 1.165) is 12.8 Å². The molecular formula is C35H67N3O6P+. The molecule has 1 aromatic rings. The van der Waals surface area contributed by atoms with Crippen LogP contribution in [-0.4, -0.2) is 75.6 Å². The third kappa shape index (κ3) is 27.4. The predicted octanol–water partition coefficient (Wildman–Crippen LogP) is 9.07. The van der Waals surface area contributed by atoms with E-state index in [1.807, 2.05) is 39.3 Å². The molecule has 0 aromatic heterocycles. The first-order chi connectivity index (χ1) is 21.6. The van der Waals surface area contributed by atoms with Crippen LogP contribution in [-0.2, 0) is 18.3 Å². The molecule has 0 bridgehead atoms. The van der Waals surface area contributed by atoms with Gasteiger partial charge >= 0.3 is 13.9 Å². The number of ether oxygens (including phenoxy) is 1. The highest BCUT2D eigenvalue weighted by Gasteiger charge is 2.28. The molecule has 1 aromatic carbocycles. The average molecular weight is 657 g/mol. The van der Waals surface area contributed by atoms with Gasteiger partial charge in [0.1, 0.15) is 19.3 Å². The van der Waals surface area contributed by atoms with E-state index in [-0.39, 0.29) is 19.8 Å². The first-order valence-corrected chi connectivity index (χ1v) is 19.2. The molecule has 262 valence electrons. The lowest BCUT2D eigenvalue weighted by atomic mass is 10.0. The number of quaternary nitrogens is 1. The number of urea groups is 1. The van der Waals surface area contributed by atoms with Gasteiger partial charge in [0.25, 0.3) is 0 Å². The molecule has 1 rings (SSSR count). The quantitative estimate of drug-likeness (QED) is 0.0433. The van der Waals surface area contributed by atoms with Gasteiger partial charge in [-0.1, -0.05) is 134 Å². The monoisotopic (exact) mass is 656 g/mol. The molecule has 0 saturated heterocycles. The van der Waals surface area contributed by atoms with Crippen molar-refractivity contribution >= 4 is 19.5 Å². The highest BCUT2D eigenvalue weighted by molar-refractivity contribution is 7.47. The number of nitrogens with one attached hydrogen (secondary N) is 2. The topological polar surface area (TPSA) is 106 Å². The number of phosphoric ester groups is 1. The van der Waals surface area contributed by atoms with Crippen LogP contribution in [0.3, 0.4) is 0 Å². The highest BCUT2D eigenvalue weighted by Crippen LogP contribution is 2.44. The molecule has 0 aliphatic heterocycles. The van der Waals surface area contributed by atoms with Gasteiger partial charge in [0.2, 0.25) is 0 Å². The Hall–Kier alpha value is -1.48. The zero-order chi connectivity index (χ0) is 33.1. The lowest BCUT2D eigenvalue weighted by Crippen LogP contribution is -2.39. The van der Waals surface area contributed by atoms with E-state index in [0.29, 0.717) is 23.3 Å². The molecule has 0 aliphatic carbocycles. The Labute approximate surface area is 275 Å². The van der Waals surface area contributed by atoms with Crippen LogP contribution >= 0.6 is 7.82 Å². The Morgan fingerprint density at radius 2 is 1.27 bits per heavy atom. The van der Waals surface area contributed by atoms with Gasteiger partial charge in [-0.2, -0.15) is 0 Å². The number of likely N-dealkylation sites (N-methyl/N-ethyl adjacent to an activating group) is 1. The summed E-state index contributed by atoms with van der Waals surface area (Å²) in [6.45, 7) is 3.51. The van der Waals surface area contributed by atoms with Gasteiger partial charge in [-0.15, -0.1) is 0 Å².